The van der Waals surface area contributed by atoms with Gasteiger partial charge in [-0.05, 0) is 92.6 Å². The second kappa shape index (κ2) is 12.8. The molecule has 5 aromatic rings. The summed E-state index contributed by atoms with van der Waals surface area (Å²) in [6, 6.07) is 19.8. The number of fused-ring (bicyclic) bond motifs is 1. The number of amides is 2. The third-order valence-corrected chi connectivity index (χ3v) is 9.35. The molecule has 4 N–H and O–H groups in total. The molecule has 2 amide bonds. The maximum atomic E-state index is 13.5. The number of likely N-dealkylation sites (tertiary alicyclic amines) is 1. The van der Waals surface area contributed by atoms with E-state index in [4.69, 9.17) is 5.73 Å². The van der Waals surface area contributed by atoms with Gasteiger partial charge >= 0.3 is 0 Å². The van der Waals surface area contributed by atoms with Crippen LogP contribution in [0.15, 0.2) is 79.1 Å². The molecule has 2 saturated heterocycles. The van der Waals surface area contributed by atoms with Crippen molar-refractivity contribution in [2.75, 3.05) is 49.5 Å². The van der Waals surface area contributed by atoms with Crippen LogP contribution in [0.5, 0.6) is 0 Å². The van der Waals surface area contributed by atoms with Crippen molar-refractivity contribution < 1.29 is 14.0 Å². The molecule has 0 bridgehead atoms. The molecule has 4 heterocycles. The largest absolute Gasteiger partial charge is 0.368 e. The Balaban J connectivity index is 0.935. The fraction of sp³-hybridized carbons (Fsp3) is 0.306. The van der Waals surface area contributed by atoms with E-state index in [1.807, 2.05) is 53.4 Å². The molecule has 2 aliphatic heterocycles. The number of hydrogen-bond acceptors (Lipinski definition) is 8. The van der Waals surface area contributed by atoms with Gasteiger partial charge in [0, 0.05) is 79.0 Å². The Kier molecular flexibility index (Phi) is 8.36. The molecule has 2 fully saturated rings. The number of halogens is 1. The Morgan fingerprint density at radius 3 is 2.46 bits per heavy atom. The van der Waals surface area contributed by atoms with Crippen LogP contribution in [0.25, 0.3) is 33.5 Å². The number of aromatic amines is 1. The molecule has 12 heteroatoms. The summed E-state index contributed by atoms with van der Waals surface area (Å²) >= 11 is 0. The average Bonchev–Trinajstić information content (AvgIpc) is 3.69. The number of aromatic nitrogens is 4. The van der Waals surface area contributed by atoms with Crippen LogP contribution in [0.2, 0.25) is 0 Å². The van der Waals surface area contributed by atoms with Crippen LogP contribution in [0, 0.1) is 12.7 Å². The fourth-order valence-corrected chi connectivity index (χ4v) is 6.62. The van der Waals surface area contributed by atoms with Crippen LogP contribution in [0.1, 0.15) is 18.9 Å². The Morgan fingerprint density at radius 1 is 1.00 bits per heavy atom. The number of benzene rings is 3. The maximum Gasteiger partial charge on any atom is 0.245 e. The lowest BCUT2D eigenvalue weighted by molar-refractivity contribution is -0.134. The lowest BCUT2D eigenvalue weighted by atomic mass is 9.98. The molecule has 2 atom stereocenters. The number of hydrogen-bond donors (Lipinski definition) is 3. The number of H-pyrrole nitrogens is 1. The molecular weight excluding hydrogens is 609 g/mol. The summed E-state index contributed by atoms with van der Waals surface area (Å²) in [6.07, 6.45) is 4.07. The molecule has 2 aliphatic rings. The zero-order valence-electron chi connectivity index (χ0n) is 27.0. The van der Waals surface area contributed by atoms with Crippen molar-refractivity contribution in [3.63, 3.8) is 0 Å². The van der Waals surface area contributed by atoms with E-state index in [1.54, 1.807) is 18.2 Å². The van der Waals surface area contributed by atoms with Gasteiger partial charge in [0.2, 0.25) is 11.8 Å². The molecule has 0 aliphatic carbocycles. The minimum absolute atomic E-state index is 0.0255. The first kappa shape index (κ1) is 31.4. The molecule has 48 heavy (non-hydrogen) atoms. The predicted molar refractivity (Wildman–Crippen MR) is 184 cm³/mol. The SMILES string of the molecule is Cc1cnc(-c2ccc(N3CCN(C(=O)CN4CCC(N)(C(=O)Nc5ccc6[nH]nc(-c7ccc(F)cc7)c6c5)C4)[C@H](C)C3)cc2)nc1. The van der Waals surface area contributed by atoms with Gasteiger partial charge < -0.3 is 20.9 Å². The Labute approximate surface area is 278 Å². The summed E-state index contributed by atoms with van der Waals surface area (Å²) < 4.78 is 13.5. The number of carbonyl (C=O) groups is 2. The Bertz CT molecular complexity index is 1950. The van der Waals surface area contributed by atoms with Crippen molar-refractivity contribution in [3.05, 3.63) is 90.5 Å². The van der Waals surface area contributed by atoms with E-state index in [0.29, 0.717) is 36.7 Å². The number of nitrogens with zero attached hydrogens (tertiary/aromatic N) is 6. The first-order chi connectivity index (χ1) is 23.1. The molecule has 0 radical (unpaired) electrons. The van der Waals surface area contributed by atoms with Crippen LogP contribution in [-0.2, 0) is 9.59 Å². The van der Waals surface area contributed by atoms with E-state index in [9.17, 15) is 14.0 Å². The Morgan fingerprint density at radius 2 is 1.73 bits per heavy atom. The van der Waals surface area contributed by atoms with Gasteiger partial charge in [-0.2, -0.15) is 5.10 Å². The van der Waals surface area contributed by atoms with Crippen LogP contribution >= 0.6 is 0 Å². The number of nitrogens with one attached hydrogen (secondary N) is 2. The normalized spacial score (nSPS) is 20.0. The van der Waals surface area contributed by atoms with Gasteiger partial charge in [0.1, 0.15) is 11.4 Å². The van der Waals surface area contributed by atoms with E-state index in [-0.39, 0.29) is 36.8 Å². The molecule has 7 rings (SSSR count). The molecule has 3 aromatic carbocycles. The molecule has 11 nitrogen and oxygen atoms in total. The maximum absolute atomic E-state index is 13.5. The van der Waals surface area contributed by atoms with Gasteiger partial charge in [0.15, 0.2) is 5.82 Å². The highest BCUT2D eigenvalue weighted by atomic mass is 19.1. The average molecular weight is 648 g/mol. The van der Waals surface area contributed by atoms with Crippen LogP contribution in [-0.4, -0.2) is 92.6 Å². The smallest absolute Gasteiger partial charge is 0.245 e. The molecule has 0 saturated carbocycles. The van der Waals surface area contributed by atoms with Gasteiger partial charge in [0.05, 0.1) is 17.8 Å². The third kappa shape index (κ3) is 6.36. The summed E-state index contributed by atoms with van der Waals surface area (Å²) in [5.41, 5.74) is 11.4. The molecule has 2 aromatic heterocycles. The number of carbonyl (C=O) groups excluding carboxylic acids is 2. The van der Waals surface area contributed by atoms with Crippen molar-refractivity contribution in [1.29, 1.82) is 0 Å². The van der Waals surface area contributed by atoms with Gasteiger partial charge in [-0.1, -0.05) is 0 Å². The zero-order chi connectivity index (χ0) is 33.4. The number of anilines is 2. The second-order valence-electron chi connectivity index (χ2n) is 12.9. The van der Waals surface area contributed by atoms with Crippen LogP contribution < -0.4 is 16.0 Å². The van der Waals surface area contributed by atoms with Gasteiger partial charge in [-0.3, -0.25) is 19.6 Å². The van der Waals surface area contributed by atoms with E-state index < -0.39 is 5.54 Å². The van der Waals surface area contributed by atoms with E-state index in [2.05, 4.69) is 49.4 Å². The summed E-state index contributed by atoms with van der Waals surface area (Å²) in [7, 11) is 0. The lowest BCUT2D eigenvalue weighted by Crippen LogP contribution is -2.57. The highest BCUT2D eigenvalue weighted by molar-refractivity contribution is 6.02. The van der Waals surface area contributed by atoms with Crippen molar-refractivity contribution in [2.24, 2.45) is 5.73 Å². The van der Waals surface area contributed by atoms with Gasteiger partial charge in [-0.25, -0.2) is 14.4 Å². The summed E-state index contributed by atoms with van der Waals surface area (Å²) in [6.45, 7) is 7.14. The van der Waals surface area contributed by atoms with Crippen molar-refractivity contribution >= 4 is 34.1 Å². The highest BCUT2D eigenvalue weighted by Gasteiger charge is 2.42. The minimum atomic E-state index is -1.13. The molecule has 1 unspecified atom stereocenters. The second-order valence-corrected chi connectivity index (χ2v) is 12.9. The topological polar surface area (TPSA) is 136 Å². The van der Waals surface area contributed by atoms with Crippen molar-refractivity contribution in [3.8, 4) is 22.6 Å². The number of aryl methyl sites for hydroxylation is 1. The van der Waals surface area contributed by atoms with Gasteiger partial charge in [-0.15, -0.1) is 0 Å². The number of piperazine rings is 1. The van der Waals surface area contributed by atoms with Gasteiger partial charge in [0.25, 0.3) is 0 Å². The zero-order valence-corrected chi connectivity index (χ0v) is 27.0. The van der Waals surface area contributed by atoms with E-state index in [1.165, 1.54) is 12.1 Å². The lowest BCUT2D eigenvalue weighted by Gasteiger charge is -2.41. The molecule has 246 valence electrons. The van der Waals surface area contributed by atoms with Crippen molar-refractivity contribution in [1.82, 2.24) is 30.0 Å². The first-order valence-corrected chi connectivity index (χ1v) is 16.2. The quantitative estimate of drug-likeness (QED) is 0.239. The summed E-state index contributed by atoms with van der Waals surface area (Å²) in [4.78, 5) is 41.9. The predicted octanol–water partition coefficient (Wildman–Crippen LogP) is 4.21. The van der Waals surface area contributed by atoms with Crippen LogP contribution in [0.3, 0.4) is 0 Å². The first-order valence-electron chi connectivity index (χ1n) is 16.2. The minimum Gasteiger partial charge on any atom is -0.368 e. The van der Waals surface area contributed by atoms with E-state index in [0.717, 1.165) is 46.4 Å². The monoisotopic (exact) mass is 647 g/mol. The standard InChI is InChI=1S/C36H38FN9O2/c1-23-18-39-34(40-19-23)26-5-10-29(11-6-26)45-15-16-46(24(2)20-45)32(47)21-44-14-13-36(38,22-44)35(48)41-28-9-12-31-30(17-28)33(43-42-31)25-3-7-27(37)8-4-25/h3-12,17-19,24H,13-16,20-22,38H2,1-2H3,(H,41,48)(H,42,43)/t24-,36?/m1/s1. The molecule has 0 spiro atoms. The van der Waals surface area contributed by atoms with Crippen LogP contribution in [0.4, 0.5) is 15.8 Å². The Hall–Kier alpha value is -5.20. The van der Waals surface area contributed by atoms with E-state index >= 15 is 0 Å². The van der Waals surface area contributed by atoms with Crippen molar-refractivity contribution in [2.45, 2.75) is 31.8 Å². The third-order valence-electron chi connectivity index (χ3n) is 9.35. The fourth-order valence-electron chi connectivity index (χ4n) is 6.62. The summed E-state index contributed by atoms with van der Waals surface area (Å²) in [5, 5.41) is 11.1. The molecular formula is C36H38FN9O2. The number of rotatable bonds is 7. The summed E-state index contributed by atoms with van der Waals surface area (Å²) in [5.74, 6) is 0.115. The highest BCUT2D eigenvalue weighted by Crippen LogP contribution is 2.30. The number of nitrogens with two attached hydrogens (primary N) is 1.